The van der Waals surface area contributed by atoms with E-state index in [0.29, 0.717) is 24.1 Å². The van der Waals surface area contributed by atoms with Gasteiger partial charge in [-0.15, -0.1) is 0 Å². The van der Waals surface area contributed by atoms with E-state index in [9.17, 15) is 10.2 Å². The molecule has 2 rings (SSSR count). The van der Waals surface area contributed by atoms with Crippen LogP contribution in [-0.2, 0) is 4.74 Å². The number of halogens is 1. The Hall–Kier alpha value is -0.650. The van der Waals surface area contributed by atoms with Gasteiger partial charge in [0.15, 0.2) is 0 Å². The molecule has 0 aromatic heterocycles. The monoisotopic (exact) mass is 327 g/mol. The Morgan fingerprint density at radius 2 is 2.09 bits per heavy atom. The molecule has 2 N–H and O–H groups in total. The van der Waals surface area contributed by atoms with Crippen LogP contribution in [0.1, 0.15) is 31.4 Å². The first kappa shape index (κ1) is 17.7. The van der Waals surface area contributed by atoms with E-state index in [4.69, 9.17) is 16.3 Å². The molecule has 1 fully saturated rings. The Labute approximate surface area is 137 Å². The van der Waals surface area contributed by atoms with Crippen LogP contribution in [0.2, 0.25) is 5.02 Å². The van der Waals surface area contributed by atoms with Crippen LogP contribution in [0.4, 0.5) is 0 Å². The van der Waals surface area contributed by atoms with Crippen LogP contribution in [-0.4, -0.2) is 54.1 Å². The fourth-order valence-electron chi connectivity index (χ4n) is 2.90. The molecule has 1 aromatic rings. The number of β-amino-alcohol motifs (C(OH)–C–C–N with tert-alkyl or cyclic N) is 1. The molecule has 3 atom stereocenters. The average Bonchev–Trinajstić information content (AvgIpc) is 2.53. The first-order valence-corrected chi connectivity index (χ1v) is 8.34. The third-order valence-electron chi connectivity index (χ3n) is 4.21. The lowest BCUT2D eigenvalue weighted by atomic mass is 9.99. The summed E-state index contributed by atoms with van der Waals surface area (Å²) in [6.07, 6.45) is 1.58. The number of piperidine rings is 1. The lowest BCUT2D eigenvalue weighted by Crippen LogP contribution is -2.42. The lowest BCUT2D eigenvalue weighted by molar-refractivity contribution is -0.0218. The van der Waals surface area contributed by atoms with E-state index in [1.165, 1.54) is 0 Å². The summed E-state index contributed by atoms with van der Waals surface area (Å²) < 4.78 is 5.76. The fraction of sp³-hybridized carbons (Fsp3) is 0.647. The van der Waals surface area contributed by atoms with Gasteiger partial charge in [-0.1, -0.05) is 23.7 Å². The van der Waals surface area contributed by atoms with Crippen molar-refractivity contribution in [2.24, 2.45) is 5.92 Å². The number of aliphatic hydroxyl groups excluding tert-OH is 2. The highest BCUT2D eigenvalue weighted by atomic mass is 35.5. The number of hydrogen-bond acceptors (Lipinski definition) is 4. The van der Waals surface area contributed by atoms with Crippen LogP contribution < -0.4 is 0 Å². The second-order valence-electron chi connectivity index (χ2n) is 6.13. The number of ether oxygens (including phenoxy) is 1. The zero-order valence-electron chi connectivity index (χ0n) is 13.1. The smallest absolute Gasteiger partial charge is 0.0900 e. The van der Waals surface area contributed by atoms with Gasteiger partial charge in [0.2, 0.25) is 0 Å². The number of aliphatic hydroxyl groups is 2. The largest absolute Gasteiger partial charge is 0.396 e. The maximum Gasteiger partial charge on any atom is 0.0900 e. The molecule has 1 heterocycles. The highest BCUT2D eigenvalue weighted by molar-refractivity contribution is 6.30. The highest BCUT2D eigenvalue weighted by Gasteiger charge is 2.21. The third-order valence-corrected chi connectivity index (χ3v) is 4.46. The Bertz CT molecular complexity index is 440. The van der Waals surface area contributed by atoms with Gasteiger partial charge < -0.3 is 19.8 Å². The van der Waals surface area contributed by atoms with Crippen LogP contribution in [0.15, 0.2) is 24.3 Å². The number of rotatable bonds is 7. The number of nitrogens with zero attached hydrogens (tertiary/aromatic N) is 1. The topological polar surface area (TPSA) is 52.9 Å². The molecular weight excluding hydrogens is 302 g/mol. The van der Waals surface area contributed by atoms with E-state index in [2.05, 4.69) is 4.90 Å². The van der Waals surface area contributed by atoms with Crippen molar-refractivity contribution >= 4 is 11.6 Å². The average molecular weight is 328 g/mol. The van der Waals surface area contributed by atoms with Gasteiger partial charge in [0.25, 0.3) is 0 Å². The zero-order valence-corrected chi connectivity index (χ0v) is 13.9. The summed E-state index contributed by atoms with van der Waals surface area (Å²) >= 11 is 5.87. The maximum atomic E-state index is 10.2. The van der Waals surface area contributed by atoms with Crippen LogP contribution in [0, 0.1) is 5.92 Å². The van der Waals surface area contributed by atoms with Crippen molar-refractivity contribution in [2.45, 2.75) is 32.0 Å². The van der Waals surface area contributed by atoms with Gasteiger partial charge in [-0.2, -0.15) is 0 Å². The molecule has 0 saturated carbocycles. The van der Waals surface area contributed by atoms with E-state index in [1.807, 2.05) is 31.2 Å². The Morgan fingerprint density at radius 3 is 2.77 bits per heavy atom. The van der Waals surface area contributed by atoms with Gasteiger partial charge in [-0.3, -0.25) is 0 Å². The minimum atomic E-state index is -0.507. The predicted molar refractivity (Wildman–Crippen MR) is 88.1 cm³/mol. The summed E-state index contributed by atoms with van der Waals surface area (Å²) in [5, 5.41) is 20.1. The molecule has 4 nitrogen and oxygen atoms in total. The Kier molecular flexibility index (Phi) is 7.12. The third kappa shape index (κ3) is 5.52. The van der Waals surface area contributed by atoms with E-state index in [1.54, 1.807) is 0 Å². The van der Waals surface area contributed by atoms with Crippen molar-refractivity contribution in [1.29, 1.82) is 0 Å². The molecule has 22 heavy (non-hydrogen) atoms. The van der Waals surface area contributed by atoms with Crippen molar-refractivity contribution < 1.29 is 14.9 Å². The van der Waals surface area contributed by atoms with E-state index in [0.717, 1.165) is 31.5 Å². The number of hydrogen-bond donors (Lipinski definition) is 2. The highest BCUT2D eigenvalue weighted by Crippen LogP contribution is 2.20. The summed E-state index contributed by atoms with van der Waals surface area (Å²) in [4.78, 5) is 2.21. The zero-order chi connectivity index (χ0) is 15.9. The van der Waals surface area contributed by atoms with Crippen LogP contribution >= 0.6 is 11.6 Å². The van der Waals surface area contributed by atoms with Gasteiger partial charge in [0.1, 0.15) is 0 Å². The maximum absolute atomic E-state index is 10.2. The molecule has 1 aliphatic heterocycles. The SMILES string of the molecule is CC(OCC(O)CN1CCCC(CO)C1)c1ccc(Cl)cc1. The molecule has 0 radical (unpaired) electrons. The van der Waals surface area contributed by atoms with E-state index >= 15 is 0 Å². The normalized spacial score (nSPS) is 22.5. The predicted octanol–water partition coefficient (Wildman–Crippen LogP) is 2.48. The summed E-state index contributed by atoms with van der Waals surface area (Å²) in [6.45, 7) is 4.96. The van der Waals surface area contributed by atoms with Crippen molar-refractivity contribution in [3.8, 4) is 0 Å². The van der Waals surface area contributed by atoms with Crippen LogP contribution in [0.3, 0.4) is 0 Å². The van der Waals surface area contributed by atoms with Crippen LogP contribution in [0.5, 0.6) is 0 Å². The summed E-state index contributed by atoms with van der Waals surface area (Å²) in [7, 11) is 0. The molecule has 0 amide bonds. The van der Waals surface area contributed by atoms with Crippen molar-refractivity contribution in [3.63, 3.8) is 0 Å². The summed E-state index contributed by atoms with van der Waals surface area (Å²) in [5.41, 5.74) is 1.05. The minimum Gasteiger partial charge on any atom is -0.396 e. The first-order valence-electron chi connectivity index (χ1n) is 7.97. The molecular formula is C17H26ClNO3. The lowest BCUT2D eigenvalue weighted by Gasteiger charge is -2.33. The Balaban J connectivity index is 1.72. The van der Waals surface area contributed by atoms with Crippen molar-refractivity contribution in [1.82, 2.24) is 4.90 Å². The van der Waals surface area contributed by atoms with Gasteiger partial charge in [-0.25, -0.2) is 0 Å². The van der Waals surface area contributed by atoms with Crippen LogP contribution in [0.25, 0.3) is 0 Å². The molecule has 1 saturated heterocycles. The van der Waals surface area contributed by atoms with Gasteiger partial charge in [-0.05, 0) is 49.9 Å². The minimum absolute atomic E-state index is 0.0709. The first-order chi connectivity index (χ1) is 10.6. The van der Waals surface area contributed by atoms with Crippen molar-refractivity contribution in [3.05, 3.63) is 34.9 Å². The van der Waals surface area contributed by atoms with Gasteiger partial charge in [0.05, 0.1) is 18.8 Å². The van der Waals surface area contributed by atoms with Gasteiger partial charge >= 0.3 is 0 Å². The van der Waals surface area contributed by atoms with Gasteiger partial charge in [0, 0.05) is 24.7 Å². The fourth-order valence-corrected chi connectivity index (χ4v) is 3.03. The molecule has 0 aliphatic carbocycles. The molecule has 0 spiro atoms. The molecule has 124 valence electrons. The summed E-state index contributed by atoms with van der Waals surface area (Å²) in [6, 6.07) is 7.57. The van der Waals surface area contributed by atoms with E-state index in [-0.39, 0.29) is 12.7 Å². The van der Waals surface area contributed by atoms with Crippen molar-refractivity contribution in [2.75, 3.05) is 32.8 Å². The second kappa shape index (κ2) is 8.85. The quantitative estimate of drug-likeness (QED) is 0.808. The number of benzene rings is 1. The molecule has 1 aromatic carbocycles. The standard InChI is InChI=1S/C17H26ClNO3/c1-13(15-4-6-16(18)7-5-15)22-12-17(21)10-19-8-2-3-14(9-19)11-20/h4-7,13-14,17,20-21H,2-3,8-12H2,1H3. The summed E-state index contributed by atoms with van der Waals surface area (Å²) in [5.74, 6) is 0.342. The number of likely N-dealkylation sites (tertiary alicyclic amines) is 1. The molecule has 5 heteroatoms. The second-order valence-corrected chi connectivity index (χ2v) is 6.57. The Morgan fingerprint density at radius 1 is 1.36 bits per heavy atom. The molecule has 0 bridgehead atoms. The molecule has 3 unspecified atom stereocenters. The molecule has 1 aliphatic rings. The van der Waals surface area contributed by atoms with E-state index < -0.39 is 6.10 Å².